The van der Waals surface area contributed by atoms with Crippen molar-refractivity contribution in [2.75, 3.05) is 13.6 Å². The molecule has 1 saturated carbocycles. The van der Waals surface area contributed by atoms with Crippen LogP contribution in [-0.4, -0.2) is 13.6 Å². The number of nitrogens with one attached hydrogen (secondary N) is 1. The first-order chi connectivity index (χ1) is 9.78. The minimum absolute atomic E-state index is 0.851. The maximum absolute atomic E-state index is 3.40. The van der Waals surface area contributed by atoms with Crippen LogP contribution in [0.5, 0.6) is 0 Å². The monoisotopic (exact) mass is 287 g/mol. The molecule has 1 aromatic carbocycles. The van der Waals surface area contributed by atoms with E-state index in [2.05, 4.69) is 48.9 Å². The summed E-state index contributed by atoms with van der Waals surface area (Å²) in [7, 11) is 2.09. The zero-order chi connectivity index (χ0) is 13.9. The van der Waals surface area contributed by atoms with Crippen LogP contribution in [0.15, 0.2) is 29.6 Å². The molecule has 0 amide bonds. The molecule has 2 aromatic rings. The highest BCUT2D eigenvalue weighted by Crippen LogP contribution is 2.37. The first-order valence-corrected chi connectivity index (χ1v) is 8.75. The Hall–Kier alpha value is -0.860. The van der Waals surface area contributed by atoms with E-state index in [4.69, 9.17) is 0 Å². The molecule has 0 spiro atoms. The largest absolute Gasteiger partial charge is 0.319 e. The van der Waals surface area contributed by atoms with Gasteiger partial charge in [0.15, 0.2) is 0 Å². The number of fused-ring (bicyclic) bond motifs is 1. The molecule has 1 heterocycles. The third-order valence-electron chi connectivity index (χ3n) is 4.91. The van der Waals surface area contributed by atoms with Gasteiger partial charge < -0.3 is 5.32 Å². The molecular formula is C18H25NS. The molecule has 0 aliphatic heterocycles. The van der Waals surface area contributed by atoms with E-state index in [0.717, 1.165) is 17.8 Å². The normalized spacial score (nSPS) is 27.0. The fourth-order valence-corrected chi connectivity index (χ4v) is 4.79. The standard InChI is InChI=1S/C18H25NS/c1-13-7-8-14(11-19-2)15(9-13)10-16-12-20-18-6-4-3-5-17(16)18/h3-6,12-15,19H,7-11H2,1-2H3. The highest BCUT2D eigenvalue weighted by molar-refractivity contribution is 7.17. The molecule has 1 aliphatic rings. The van der Waals surface area contributed by atoms with Crippen molar-refractivity contribution in [3.8, 4) is 0 Å². The summed E-state index contributed by atoms with van der Waals surface area (Å²) in [5, 5.41) is 7.28. The lowest BCUT2D eigenvalue weighted by Gasteiger charge is -2.35. The topological polar surface area (TPSA) is 12.0 Å². The maximum Gasteiger partial charge on any atom is 0.0345 e. The summed E-state index contributed by atoms with van der Waals surface area (Å²) in [4.78, 5) is 0. The number of benzene rings is 1. The molecule has 1 fully saturated rings. The molecule has 1 aliphatic carbocycles. The lowest BCUT2D eigenvalue weighted by molar-refractivity contribution is 0.186. The van der Waals surface area contributed by atoms with Gasteiger partial charge in [0.1, 0.15) is 0 Å². The number of hydrogen-bond donors (Lipinski definition) is 1. The van der Waals surface area contributed by atoms with E-state index in [1.165, 1.54) is 42.3 Å². The number of rotatable bonds is 4. The van der Waals surface area contributed by atoms with Crippen molar-refractivity contribution in [1.29, 1.82) is 0 Å². The predicted octanol–water partition coefficient (Wildman–Crippen LogP) is 4.72. The molecule has 2 heteroatoms. The van der Waals surface area contributed by atoms with E-state index in [1.807, 2.05) is 11.3 Å². The van der Waals surface area contributed by atoms with Crippen LogP contribution in [0.25, 0.3) is 10.1 Å². The molecule has 0 saturated heterocycles. The fourth-order valence-electron chi connectivity index (χ4n) is 3.82. The molecule has 3 unspecified atom stereocenters. The summed E-state index contributed by atoms with van der Waals surface area (Å²) < 4.78 is 1.44. The second-order valence-electron chi connectivity index (χ2n) is 6.46. The highest BCUT2D eigenvalue weighted by atomic mass is 32.1. The van der Waals surface area contributed by atoms with Crippen molar-refractivity contribution in [3.63, 3.8) is 0 Å². The number of thiophene rings is 1. The van der Waals surface area contributed by atoms with Crippen molar-refractivity contribution >= 4 is 21.4 Å². The van der Waals surface area contributed by atoms with Gasteiger partial charge in [-0.05, 0) is 73.0 Å². The summed E-state index contributed by atoms with van der Waals surface area (Å²) in [6, 6.07) is 8.86. The molecule has 1 nitrogen and oxygen atoms in total. The quantitative estimate of drug-likeness (QED) is 0.858. The van der Waals surface area contributed by atoms with Gasteiger partial charge in [-0.15, -0.1) is 11.3 Å². The first kappa shape index (κ1) is 14.1. The van der Waals surface area contributed by atoms with Gasteiger partial charge in [0, 0.05) is 4.70 Å². The van der Waals surface area contributed by atoms with Gasteiger partial charge in [-0.25, -0.2) is 0 Å². The van der Waals surface area contributed by atoms with E-state index < -0.39 is 0 Å². The second-order valence-corrected chi connectivity index (χ2v) is 7.37. The third kappa shape index (κ3) is 2.91. The van der Waals surface area contributed by atoms with Crippen molar-refractivity contribution in [3.05, 3.63) is 35.2 Å². The molecule has 0 bridgehead atoms. The molecular weight excluding hydrogens is 262 g/mol. The summed E-state index contributed by atoms with van der Waals surface area (Å²) >= 11 is 1.90. The molecule has 1 N–H and O–H groups in total. The van der Waals surface area contributed by atoms with Crippen LogP contribution in [0, 0.1) is 17.8 Å². The Balaban J connectivity index is 1.80. The van der Waals surface area contributed by atoms with E-state index in [0.29, 0.717) is 0 Å². The van der Waals surface area contributed by atoms with E-state index in [-0.39, 0.29) is 0 Å². The average Bonchev–Trinajstić information content (AvgIpc) is 2.86. The van der Waals surface area contributed by atoms with Crippen molar-refractivity contribution in [1.82, 2.24) is 5.32 Å². The molecule has 20 heavy (non-hydrogen) atoms. The zero-order valence-corrected chi connectivity index (χ0v) is 13.4. The smallest absolute Gasteiger partial charge is 0.0345 e. The van der Waals surface area contributed by atoms with Gasteiger partial charge in [-0.3, -0.25) is 0 Å². The SMILES string of the molecule is CNCC1CCC(C)CC1Cc1csc2ccccc12. The van der Waals surface area contributed by atoms with Gasteiger partial charge in [-0.1, -0.05) is 31.5 Å². The second kappa shape index (κ2) is 6.28. The van der Waals surface area contributed by atoms with Gasteiger partial charge in [0.05, 0.1) is 0 Å². The molecule has 108 valence electrons. The molecule has 3 atom stereocenters. The van der Waals surface area contributed by atoms with Crippen LogP contribution < -0.4 is 5.32 Å². The Bertz CT molecular complexity index is 559. The van der Waals surface area contributed by atoms with Crippen molar-refractivity contribution in [2.45, 2.75) is 32.6 Å². The van der Waals surface area contributed by atoms with E-state index in [1.54, 1.807) is 5.56 Å². The summed E-state index contributed by atoms with van der Waals surface area (Å²) in [5.74, 6) is 2.61. The Kier molecular flexibility index (Phi) is 4.42. The lowest BCUT2D eigenvalue weighted by atomic mass is 9.72. The number of hydrogen-bond acceptors (Lipinski definition) is 2. The van der Waals surface area contributed by atoms with Gasteiger partial charge in [0.25, 0.3) is 0 Å². The van der Waals surface area contributed by atoms with Crippen LogP contribution in [0.2, 0.25) is 0 Å². The fraction of sp³-hybridized carbons (Fsp3) is 0.556. The van der Waals surface area contributed by atoms with Crippen LogP contribution in [-0.2, 0) is 6.42 Å². The minimum Gasteiger partial charge on any atom is -0.319 e. The summed E-state index contributed by atoms with van der Waals surface area (Å²) in [6.07, 6.45) is 5.47. The zero-order valence-electron chi connectivity index (χ0n) is 12.6. The Morgan fingerprint density at radius 3 is 2.90 bits per heavy atom. The minimum atomic E-state index is 0.851. The maximum atomic E-state index is 3.40. The highest BCUT2D eigenvalue weighted by Gasteiger charge is 2.28. The van der Waals surface area contributed by atoms with Crippen molar-refractivity contribution in [2.24, 2.45) is 17.8 Å². The van der Waals surface area contributed by atoms with Gasteiger partial charge in [-0.2, -0.15) is 0 Å². The Morgan fingerprint density at radius 1 is 1.20 bits per heavy atom. The Labute approximate surface area is 126 Å². The third-order valence-corrected chi connectivity index (χ3v) is 5.92. The summed E-state index contributed by atoms with van der Waals surface area (Å²) in [6.45, 7) is 3.60. The van der Waals surface area contributed by atoms with Gasteiger partial charge >= 0.3 is 0 Å². The van der Waals surface area contributed by atoms with Crippen LogP contribution >= 0.6 is 11.3 Å². The van der Waals surface area contributed by atoms with Crippen LogP contribution in [0.4, 0.5) is 0 Å². The van der Waals surface area contributed by atoms with Crippen LogP contribution in [0.3, 0.4) is 0 Å². The first-order valence-electron chi connectivity index (χ1n) is 7.87. The average molecular weight is 287 g/mol. The van der Waals surface area contributed by atoms with E-state index >= 15 is 0 Å². The lowest BCUT2D eigenvalue weighted by Crippen LogP contribution is -2.32. The summed E-state index contributed by atoms with van der Waals surface area (Å²) in [5.41, 5.74) is 1.57. The Morgan fingerprint density at radius 2 is 2.05 bits per heavy atom. The molecule has 0 radical (unpaired) electrons. The molecule has 3 rings (SSSR count). The van der Waals surface area contributed by atoms with E-state index in [9.17, 15) is 0 Å². The predicted molar refractivity (Wildman–Crippen MR) is 89.5 cm³/mol. The van der Waals surface area contributed by atoms with Gasteiger partial charge in [0.2, 0.25) is 0 Å². The molecule has 1 aromatic heterocycles. The van der Waals surface area contributed by atoms with Crippen molar-refractivity contribution < 1.29 is 0 Å². The van der Waals surface area contributed by atoms with Crippen LogP contribution in [0.1, 0.15) is 31.7 Å².